The molecule has 0 aromatic heterocycles. The van der Waals surface area contributed by atoms with Gasteiger partial charge in [-0.25, -0.2) is 8.42 Å². The summed E-state index contributed by atoms with van der Waals surface area (Å²) in [5.41, 5.74) is 5.04. The van der Waals surface area contributed by atoms with Crippen LogP contribution in [0.1, 0.15) is 34.0 Å². The highest BCUT2D eigenvalue weighted by molar-refractivity contribution is 7.92. The van der Waals surface area contributed by atoms with Gasteiger partial charge in [0.25, 0.3) is 5.91 Å². The lowest BCUT2D eigenvalue weighted by molar-refractivity contribution is 0.102. The van der Waals surface area contributed by atoms with Gasteiger partial charge < -0.3 is 5.32 Å². The van der Waals surface area contributed by atoms with E-state index in [0.717, 1.165) is 23.2 Å². The predicted octanol–water partition coefficient (Wildman–Crippen LogP) is 4.24. The molecular weight excluding hydrogens is 396 g/mol. The molecule has 1 aliphatic heterocycles. The number of nitrogens with zero attached hydrogens (tertiary/aromatic N) is 1. The molecule has 154 valence electrons. The van der Waals surface area contributed by atoms with Crippen molar-refractivity contribution >= 4 is 27.3 Å². The molecule has 0 aliphatic carbocycles. The summed E-state index contributed by atoms with van der Waals surface area (Å²) in [5, 5.41) is 3.02. The maximum absolute atomic E-state index is 12.9. The number of nitrogens with one attached hydrogen (secondary N) is 1. The molecular formula is C24H24N2O3S. The first-order valence-electron chi connectivity index (χ1n) is 9.88. The molecule has 0 spiro atoms. The van der Waals surface area contributed by atoms with Gasteiger partial charge in [0.2, 0.25) is 10.0 Å². The number of carbonyl (C=O) groups is 1. The molecule has 3 aromatic rings. The molecule has 1 heterocycles. The molecule has 0 fully saturated rings. The Hall–Kier alpha value is -3.12. The lowest BCUT2D eigenvalue weighted by Crippen LogP contribution is -2.34. The molecule has 0 radical (unpaired) electrons. The van der Waals surface area contributed by atoms with Crippen LogP contribution in [-0.2, 0) is 22.9 Å². The van der Waals surface area contributed by atoms with E-state index in [9.17, 15) is 13.2 Å². The van der Waals surface area contributed by atoms with E-state index in [-0.39, 0.29) is 11.9 Å². The summed E-state index contributed by atoms with van der Waals surface area (Å²) in [4.78, 5) is 12.9. The maximum Gasteiger partial charge on any atom is 0.255 e. The van der Waals surface area contributed by atoms with Crippen molar-refractivity contribution in [1.82, 2.24) is 0 Å². The van der Waals surface area contributed by atoms with Crippen LogP contribution in [0.15, 0.2) is 72.8 Å². The van der Waals surface area contributed by atoms with E-state index < -0.39 is 10.0 Å². The van der Waals surface area contributed by atoms with Crippen molar-refractivity contribution in [2.75, 3.05) is 15.9 Å². The second kappa shape index (κ2) is 7.95. The third-order valence-electron chi connectivity index (χ3n) is 5.36. The number of anilines is 2. The van der Waals surface area contributed by atoms with Crippen LogP contribution < -0.4 is 9.62 Å². The molecule has 1 aliphatic rings. The minimum atomic E-state index is -3.35. The van der Waals surface area contributed by atoms with E-state index in [2.05, 4.69) is 17.4 Å². The Labute approximate surface area is 177 Å². The molecule has 1 atom stereocenters. The Morgan fingerprint density at radius 1 is 1.03 bits per heavy atom. The van der Waals surface area contributed by atoms with E-state index >= 15 is 0 Å². The number of carbonyl (C=O) groups excluding carboxylic acids is 1. The fraction of sp³-hybridized carbons (Fsp3) is 0.208. The molecule has 6 heteroatoms. The molecule has 0 unspecified atom stereocenters. The molecule has 30 heavy (non-hydrogen) atoms. The van der Waals surface area contributed by atoms with Gasteiger partial charge in [0.05, 0.1) is 11.9 Å². The van der Waals surface area contributed by atoms with Crippen LogP contribution in [0.2, 0.25) is 0 Å². The van der Waals surface area contributed by atoms with Gasteiger partial charge in [-0.1, -0.05) is 48.5 Å². The van der Waals surface area contributed by atoms with Crippen LogP contribution in [-0.4, -0.2) is 26.6 Å². The SMILES string of the molecule is C[C@@H]1Cc2cc(C(=O)Nc3ccccc3Cc3ccccc3)ccc2N1S(C)(=O)=O. The average Bonchev–Trinajstić information content (AvgIpc) is 3.05. The molecule has 1 N–H and O–H groups in total. The lowest BCUT2D eigenvalue weighted by atomic mass is 10.0. The average molecular weight is 421 g/mol. The Morgan fingerprint density at radius 3 is 2.47 bits per heavy atom. The van der Waals surface area contributed by atoms with Gasteiger partial charge in [-0.15, -0.1) is 0 Å². The summed E-state index contributed by atoms with van der Waals surface area (Å²) < 4.78 is 25.6. The highest BCUT2D eigenvalue weighted by atomic mass is 32.2. The van der Waals surface area contributed by atoms with Crippen molar-refractivity contribution in [3.63, 3.8) is 0 Å². The third kappa shape index (κ3) is 4.09. The van der Waals surface area contributed by atoms with Crippen molar-refractivity contribution in [2.24, 2.45) is 0 Å². The number of hydrogen-bond donors (Lipinski definition) is 1. The van der Waals surface area contributed by atoms with Crippen molar-refractivity contribution in [2.45, 2.75) is 25.8 Å². The number of para-hydroxylation sites is 1. The van der Waals surface area contributed by atoms with Crippen molar-refractivity contribution in [3.8, 4) is 0 Å². The summed E-state index contributed by atoms with van der Waals surface area (Å²) in [6.07, 6.45) is 2.53. The van der Waals surface area contributed by atoms with E-state index in [1.165, 1.54) is 16.1 Å². The van der Waals surface area contributed by atoms with Crippen molar-refractivity contribution in [1.29, 1.82) is 0 Å². The number of benzene rings is 3. The van der Waals surface area contributed by atoms with E-state index in [1.807, 2.05) is 49.4 Å². The number of amides is 1. The van der Waals surface area contributed by atoms with Gasteiger partial charge in [0.15, 0.2) is 0 Å². The first kappa shape index (κ1) is 20.2. The summed E-state index contributed by atoms with van der Waals surface area (Å²) >= 11 is 0. The second-order valence-corrected chi connectivity index (χ2v) is 9.59. The Kier molecular flexibility index (Phi) is 5.35. The number of hydrogen-bond acceptors (Lipinski definition) is 3. The summed E-state index contributed by atoms with van der Waals surface area (Å²) in [5.74, 6) is -0.205. The zero-order valence-electron chi connectivity index (χ0n) is 17.0. The van der Waals surface area contributed by atoms with Gasteiger partial charge in [0, 0.05) is 17.3 Å². The normalized spacial score (nSPS) is 15.7. The predicted molar refractivity (Wildman–Crippen MR) is 121 cm³/mol. The molecule has 0 saturated carbocycles. The molecule has 0 saturated heterocycles. The number of rotatable bonds is 5. The second-order valence-electron chi connectivity index (χ2n) is 7.73. The van der Waals surface area contributed by atoms with Crippen LogP contribution in [0.5, 0.6) is 0 Å². The first-order valence-corrected chi connectivity index (χ1v) is 11.7. The fourth-order valence-corrected chi connectivity index (χ4v) is 5.32. The zero-order valence-corrected chi connectivity index (χ0v) is 17.8. The van der Waals surface area contributed by atoms with Gasteiger partial charge >= 0.3 is 0 Å². The number of fused-ring (bicyclic) bond motifs is 1. The van der Waals surface area contributed by atoms with Crippen LogP contribution in [0.25, 0.3) is 0 Å². The molecule has 3 aromatic carbocycles. The summed E-state index contributed by atoms with van der Waals surface area (Å²) in [7, 11) is -3.35. The van der Waals surface area contributed by atoms with Crippen LogP contribution >= 0.6 is 0 Å². The highest BCUT2D eigenvalue weighted by Gasteiger charge is 2.32. The van der Waals surface area contributed by atoms with E-state index in [1.54, 1.807) is 18.2 Å². The minimum absolute atomic E-state index is 0.153. The van der Waals surface area contributed by atoms with Gasteiger partial charge in [-0.05, 0) is 60.7 Å². The highest BCUT2D eigenvalue weighted by Crippen LogP contribution is 2.35. The Balaban J connectivity index is 1.57. The Bertz CT molecular complexity index is 1190. The minimum Gasteiger partial charge on any atom is -0.322 e. The molecule has 1 amide bonds. The van der Waals surface area contributed by atoms with E-state index in [4.69, 9.17) is 0 Å². The van der Waals surface area contributed by atoms with Crippen molar-refractivity contribution in [3.05, 3.63) is 95.1 Å². The van der Waals surface area contributed by atoms with Gasteiger partial charge in [-0.3, -0.25) is 9.10 Å². The van der Waals surface area contributed by atoms with Gasteiger partial charge in [0.1, 0.15) is 0 Å². The Morgan fingerprint density at radius 2 is 1.73 bits per heavy atom. The zero-order chi connectivity index (χ0) is 21.3. The van der Waals surface area contributed by atoms with Crippen molar-refractivity contribution < 1.29 is 13.2 Å². The molecule has 4 rings (SSSR count). The first-order chi connectivity index (χ1) is 14.3. The van der Waals surface area contributed by atoms with E-state index in [0.29, 0.717) is 17.7 Å². The maximum atomic E-state index is 12.9. The van der Waals surface area contributed by atoms with Crippen LogP contribution in [0.3, 0.4) is 0 Å². The summed E-state index contributed by atoms with van der Waals surface area (Å²) in [6.45, 7) is 1.88. The monoisotopic (exact) mass is 420 g/mol. The third-order valence-corrected chi connectivity index (χ3v) is 6.63. The topological polar surface area (TPSA) is 66.5 Å². The van der Waals surface area contributed by atoms with Crippen LogP contribution in [0.4, 0.5) is 11.4 Å². The summed E-state index contributed by atoms with van der Waals surface area (Å²) in [6, 6.07) is 22.9. The van der Waals surface area contributed by atoms with Gasteiger partial charge in [-0.2, -0.15) is 0 Å². The molecule has 0 bridgehead atoms. The standard InChI is InChI=1S/C24H24N2O3S/c1-17-14-21-16-20(12-13-23(21)26(17)30(2,28)29)24(27)25-22-11-7-6-10-19(22)15-18-8-4-3-5-9-18/h3-13,16-17H,14-15H2,1-2H3,(H,25,27)/t17-/m1/s1. The van der Waals surface area contributed by atoms with Crippen LogP contribution in [0, 0.1) is 0 Å². The lowest BCUT2D eigenvalue weighted by Gasteiger charge is -2.22. The molecule has 5 nitrogen and oxygen atoms in total. The largest absolute Gasteiger partial charge is 0.322 e. The number of sulfonamides is 1. The fourth-order valence-electron chi connectivity index (χ4n) is 4.06. The smallest absolute Gasteiger partial charge is 0.255 e. The quantitative estimate of drug-likeness (QED) is 0.671.